The Balaban J connectivity index is 0.000000461. The van der Waals surface area contributed by atoms with Crippen molar-refractivity contribution in [3.63, 3.8) is 0 Å². The van der Waals surface area contributed by atoms with Gasteiger partial charge in [-0.2, -0.15) is 0 Å². The third-order valence-electron chi connectivity index (χ3n) is 1.00. The third kappa shape index (κ3) is 3.59. The van der Waals surface area contributed by atoms with Crippen LogP contribution in [-0.4, -0.2) is 4.98 Å². The van der Waals surface area contributed by atoms with Crippen LogP contribution >= 0.6 is 23.2 Å². The maximum Gasteiger partial charge on any atom is 0.130 e. The summed E-state index contributed by atoms with van der Waals surface area (Å²) in [5.41, 5.74) is 0.945. The summed E-state index contributed by atoms with van der Waals surface area (Å²) in [6.45, 7) is 5.88. The van der Waals surface area contributed by atoms with E-state index in [-0.39, 0.29) is 0 Å². The van der Waals surface area contributed by atoms with Gasteiger partial charge < -0.3 is 0 Å². The van der Waals surface area contributed by atoms with Crippen LogP contribution in [0.1, 0.15) is 19.4 Å². The molecule has 0 radical (unpaired) electrons. The smallest absolute Gasteiger partial charge is 0.130 e. The number of halogens is 2. The Morgan fingerprint density at radius 1 is 1.27 bits per heavy atom. The normalized spacial score (nSPS) is 8.45. The van der Waals surface area contributed by atoms with Gasteiger partial charge in [0.2, 0.25) is 0 Å². The molecule has 0 amide bonds. The van der Waals surface area contributed by atoms with Crippen LogP contribution in [0.2, 0.25) is 10.2 Å². The van der Waals surface area contributed by atoms with E-state index < -0.39 is 0 Å². The number of hydrogen-bond acceptors (Lipinski definition) is 1. The lowest BCUT2D eigenvalue weighted by Gasteiger charge is -1.93. The maximum absolute atomic E-state index is 5.69. The lowest BCUT2D eigenvalue weighted by molar-refractivity contribution is 1.27. The fourth-order valence-electron chi connectivity index (χ4n) is 0.476. The summed E-state index contributed by atoms with van der Waals surface area (Å²) in [6.07, 6.45) is 1.64. The van der Waals surface area contributed by atoms with Crippen LogP contribution in [0.15, 0.2) is 12.3 Å². The van der Waals surface area contributed by atoms with Crippen LogP contribution in [0.25, 0.3) is 0 Å². The molecule has 0 saturated carbocycles. The van der Waals surface area contributed by atoms with Gasteiger partial charge >= 0.3 is 0 Å². The Morgan fingerprint density at radius 3 is 2.18 bits per heavy atom. The van der Waals surface area contributed by atoms with Crippen molar-refractivity contribution in [3.8, 4) is 0 Å². The highest BCUT2D eigenvalue weighted by atomic mass is 35.5. The average Bonchev–Trinajstić information content (AvgIpc) is 2.02. The number of aromatic nitrogens is 1. The fraction of sp³-hybridized carbons (Fsp3) is 0.375. The number of aryl methyl sites for hydroxylation is 1. The van der Waals surface area contributed by atoms with Gasteiger partial charge in [0.05, 0.1) is 0 Å². The second-order valence-corrected chi connectivity index (χ2v) is 2.55. The number of hydrogen-bond donors (Lipinski definition) is 0. The second kappa shape index (κ2) is 5.39. The van der Waals surface area contributed by atoms with Gasteiger partial charge in [0, 0.05) is 11.2 Å². The predicted octanol–water partition coefficient (Wildman–Crippen LogP) is 3.72. The molecule has 1 heterocycles. The van der Waals surface area contributed by atoms with Crippen molar-refractivity contribution in [1.82, 2.24) is 4.98 Å². The van der Waals surface area contributed by atoms with Crippen molar-refractivity contribution in [2.75, 3.05) is 0 Å². The minimum absolute atomic E-state index is 0.436. The minimum Gasteiger partial charge on any atom is -0.244 e. The van der Waals surface area contributed by atoms with E-state index in [0.29, 0.717) is 10.2 Å². The summed E-state index contributed by atoms with van der Waals surface area (Å²) in [5.74, 6) is 0. The van der Waals surface area contributed by atoms with Gasteiger partial charge in [-0.15, -0.1) is 0 Å². The summed E-state index contributed by atoms with van der Waals surface area (Å²) in [5, 5.41) is 1.10. The van der Waals surface area contributed by atoms with Gasteiger partial charge in [-0.25, -0.2) is 4.98 Å². The molecule has 0 unspecified atom stereocenters. The highest BCUT2D eigenvalue weighted by molar-refractivity contribution is 6.34. The van der Waals surface area contributed by atoms with Gasteiger partial charge in [0.25, 0.3) is 0 Å². The Labute approximate surface area is 77.4 Å². The molecule has 1 aromatic rings. The molecule has 11 heavy (non-hydrogen) atoms. The molecule has 0 atom stereocenters. The molecule has 0 aliphatic carbocycles. The zero-order valence-electron chi connectivity index (χ0n) is 6.86. The largest absolute Gasteiger partial charge is 0.244 e. The van der Waals surface area contributed by atoms with Crippen LogP contribution in [0.5, 0.6) is 0 Å². The first-order valence-corrected chi connectivity index (χ1v) is 4.23. The van der Waals surface area contributed by atoms with E-state index in [1.54, 1.807) is 12.3 Å². The van der Waals surface area contributed by atoms with E-state index in [1.165, 1.54) is 0 Å². The first-order valence-electron chi connectivity index (χ1n) is 3.48. The van der Waals surface area contributed by atoms with Crippen molar-refractivity contribution >= 4 is 23.2 Å². The number of pyridine rings is 1. The fourth-order valence-corrected chi connectivity index (χ4v) is 0.842. The van der Waals surface area contributed by atoms with E-state index >= 15 is 0 Å². The zero-order valence-corrected chi connectivity index (χ0v) is 8.37. The molecule has 0 aliphatic rings. The molecular formula is C8H11Cl2N. The van der Waals surface area contributed by atoms with Crippen LogP contribution in [0.4, 0.5) is 0 Å². The number of nitrogens with zero attached hydrogens (tertiary/aromatic N) is 1. The van der Waals surface area contributed by atoms with Gasteiger partial charge in [-0.05, 0) is 18.6 Å². The van der Waals surface area contributed by atoms with E-state index in [1.807, 2.05) is 20.8 Å². The van der Waals surface area contributed by atoms with Gasteiger partial charge in [0.1, 0.15) is 5.15 Å². The molecule has 0 saturated heterocycles. The standard InChI is InChI=1S/C6H5Cl2N.C2H6/c1-4-3-9-6(8)2-5(4)7;1-2/h2-3H,1H3;1-2H3. The van der Waals surface area contributed by atoms with Crippen molar-refractivity contribution in [1.29, 1.82) is 0 Å². The summed E-state index contributed by atoms with van der Waals surface area (Å²) in [7, 11) is 0. The van der Waals surface area contributed by atoms with Crippen molar-refractivity contribution in [2.24, 2.45) is 0 Å². The second-order valence-electron chi connectivity index (χ2n) is 1.76. The van der Waals surface area contributed by atoms with Crippen molar-refractivity contribution in [3.05, 3.63) is 28.0 Å². The Bertz CT molecular complexity index is 223. The van der Waals surface area contributed by atoms with Gasteiger partial charge in [-0.3, -0.25) is 0 Å². The molecule has 3 heteroatoms. The van der Waals surface area contributed by atoms with E-state index in [4.69, 9.17) is 23.2 Å². The SMILES string of the molecule is CC.Cc1cnc(Cl)cc1Cl. The Hall–Kier alpha value is -0.270. The number of rotatable bonds is 0. The monoisotopic (exact) mass is 191 g/mol. The highest BCUT2D eigenvalue weighted by Crippen LogP contribution is 2.16. The topological polar surface area (TPSA) is 12.9 Å². The molecule has 0 aromatic carbocycles. The molecule has 0 N–H and O–H groups in total. The molecule has 0 bridgehead atoms. The summed E-state index contributed by atoms with van der Waals surface area (Å²) in [4.78, 5) is 3.82. The zero-order chi connectivity index (χ0) is 8.85. The summed E-state index contributed by atoms with van der Waals surface area (Å²) >= 11 is 11.2. The van der Waals surface area contributed by atoms with Crippen molar-refractivity contribution < 1.29 is 0 Å². The predicted molar refractivity (Wildman–Crippen MR) is 50.3 cm³/mol. The van der Waals surface area contributed by atoms with E-state index in [9.17, 15) is 0 Å². The summed E-state index contributed by atoms with van der Waals surface area (Å²) in [6, 6.07) is 1.62. The molecule has 1 aromatic heterocycles. The van der Waals surface area contributed by atoms with Crippen LogP contribution in [0, 0.1) is 6.92 Å². The first-order chi connectivity index (χ1) is 5.20. The molecule has 0 aliphatic heterocycles. The minimum atomic E-state index is 0.436. The quantitative estimate of drug-likeness (QED) is 0.570. The van der Waals surface area contributed by atoms with Crippen LogP contribution in [-0.2, 0) is 0 Å². The molecular weight excluding hydrogens is 181 g/mol. The molecule has 62 valence electrons. The lowest BCUT2D eigenvalue weighted by Crippen LogP contribution is -1.77. The van der Waals surface area contributed by atoms with E-state index in [2.05, 4.69) is 4.98 Å². The van der Waals surface area contributed by atoms with Gasteiger partial charge in [0.15, 0.2) is 0 Å². The van der Waals surface area contributed by atoms with Crippen LogP contribution < -0.4 is 0 Å². The highest BCUT2D eigenvalue weighted by Gasteiger charge is 1.94. The van der Waals surface area contributed by atoms with Crippen LogP contribution in [0.3, 0.4) is 0 Å². The average molecular weight is 192 g/mol. The third-order valence-corrected chi connectivity index (χ3v) is 1.62. The van der Waals surface area contributed by atoms with Gasteiger partial charge in [-0.1, -0.05) is 37.0 Å². The summed E-state index contributed by atoms with van der Waals surface area (Å²) < 4.78 is 0. The molecule has 0 fully saturated rings. The lowest BCUT2D eigenvalue weighted by atomic mass is 10.3. The van der Waals surface area contributed by atoms with E-state index in [0.717, 1.165) is 5.56 Å². The molecule has 1 nitrogen and oxygen atoms in total. The molecule has 0 spiro atoms. The first kappa shape index (κ1) is 10.7. The van der Waals surface area contributed by atoms with Crippen molar-refractivity contribution in [2.45, 2.75) is 20.8 Å². The molecule has 1 rings (SSSR count). The maximum atomic E-state index is 5.69. The Morgan fingerprint density at radius 2 is 1.82 bits per heavy atom. The Kier molecular flexibility index (Phi) is 5.26.